The van der Waals surface area contributed by atoms with Crippen LogP contribution in [0.3, 0.4) is 0 Å². The van der Waals surface area contributed by atoms with Crippen LogP contribution >= 0.6 is 0 Å². The number of benzene rings is 1. The van der Waals surface area contributed by atoms with Crippen molar-refractivity contribution < 1.29 is 14.5 Å². The van der Waals surface area contributed by atoms with Crippen LogP contribution < -0.4 is 4.90 Å². The fourth-order valence-electron chi connectivity index (χ4n) is 3.40. The van der Waals surface area contributed by atoms with E-state index in [0.29, 0.717) is 16.7 Å². The number of hydrogen-bond donors (Lipinski definition) is 0. The lowest BCUT2D eigenvalue weighted by molar-refractivity contribution is -0.384. The summed E-state index contributed by atoms with van der Waals surface area (Å²) in [6.07, 6.45) is 4.78. The fourth-order valence-corrected chi connectivity index (χ4v) is 3.40. The van der Waals surface area contributed by atoms with Crippen molar-refractivity contribution in [3.05, 3.63) is 33.9 Å². The summed E-state index contributed by atoms with van der Waals surface area (Å²) in [5.74, 6) is -0.450. The van der Waals surface area contributed by atoms with Crippen molar-refractivity contribution in [2.45, 2.75) is 25.7 Å². The molecule has 0 amide bonds. The van der Waals surface area contributed by atoms with Crippen molar-refractivity contribution in [2.75, 3.05) is 25.1 Å². The number of rotatable bonds is 3. The van der Waals surface area contributed by atoms with Gasteiger partial charge in [0.1, 0.15) is 0 Å². The summed E-state index contributed by atoms with van der Waals surface area (Å²) in [5, 5.41) is 11.0. The second kappa shape index (κ2) is 5.02. The highest BCUT2D eigenvalue weighted by atomic mass is 16.6. The lowest BCUT2D eigenvalue weighted by Crippen LogP contribution is -2.33. The van der Waals surface area contributed by atoms with Crippen LogP contribution in [0.4, 0.5) is 11.4 Å². The van der Waals surface area contributed by atoms with Crippen LogP contribution in [-0.4, -0.2) is 31.1 Å². The van der Waals surface area contributed by atoms with Gasteiger partial charge in [0.2, 0.25) is 0 Å². The molecular formula is C15H18N2O4. The third-order valence-corrected chi connectivity index (χ3v) is 4.79. The Morgan fingerprint density at radius 1 is 1.38 bits per heavy atom. The Bertz CT molecular complexity index is 595. The number of anilines is 1. The van der Waals surface area contributed by atoms with Crippen LogP contribution in [0.5, 0.6) is 0 Å². The molecule has 0 bridgehead atoms. The summed E-state index contributed by atoms with van der Waals surface area (Å²) in [6.45, 7) is 1.71. The Labute approximate surface area is 122 Å². The number of non-ortho nitro benzene ring substituents is 1. The van der Waals surface area contributed by atoms with E-state index in [1.54, 1.807) is 0 Å². The highest BCUT2D eigenvalue weighted by Crippen LogP contribution is 2.49. The summed E-state index contributed by atoms with van der Waals surface area (Å²) in [7, 11) is 1.32. The molecule has 0 atom stereocenters. The van der Waals surface area contributed by atoms with E-state index in [1.807, 2.05) is 0 Å². The van der Waals surface area contributed by atoms with E-state index >= 15 is 0 Å². The molecule has 1 aromatic rings. The van der Waals surface area contributed by atoms with Gasteiger partial charge in [-0.3, -0.25) is 10.1 Å². The Kier molecular flexibility index (Phi) is 3.31. The first-order valence-electron chi connectivity index (χ1n) is 7.16. The first-order valence-corrected chi connectivity index (χ1v) is 7.16. The highest BCUT2D eigenvalue weighted by Gasteiger charge is 2.43. The monoisotopic (exact) mass is 290 g/mol. The molecule has 6 heteroatoms. The second-order valence-electron chi connectivity index (χ2n) is 5.98. The number of nitro benzene ring substituents is 1. The quantitative estimate of drug-likeness (QED) is 0.486. The van der Waals surface area contributed by atoms with E-state index in [9.17, 15) is 14.9 Å². The molecular weight excluding hydrogens is 272 g/mol. The number of ether oxygens (including phenoxy) is 1. The van der Waals surface area contributed by atoms with Crippen LogP contribution in [0.25, 0.3) is 0 Å². The minimum atomic E-state index is -0.450. The Hall–Kier alpha value is -2.11. The SMILES string of the molecule is COC(=O)c1ccc([N+](=O)[O-])cc1N1CCC2(CCC2)C1. The molecule has 1 aliphatic heterocycles. The normalized spacial score (nSPS) is 19.4. The maximum atomic E-state index is 11.9. The lowest BCUT2D eigenvalue weighted by Gasteiger charge is -2.38. The topological polar surface area (TPSA) is 72.7 Å². The Morgan fingerprint density at radius 3 is 2.67 bits per heavy atom. The largest absolute Gasteiger partial charge is 0.465 e. The average Bonchev–Trinajstić information content (AvgIpc) is 2.91. The third-order valence-electron chi connectivity index (χ3n) is 4.79. The Morgan fingerprint density at radius 2 is 2.14 bits per heavy atom. The standard InChI is InChI=1S/C15H18N2O4/c1-21-14(18)12-4-3-11(17(19)20)9-13(12)16-8-7-15(10-16)5-2-6-15/h3-4,9H,2,5-8,10H2,1H3. The molecule has 1 spiro atoms. The zero-order valence-corrected chi connectivity index (χ0v) is 12.0. The summed E-state index contributed by atoms with van der Waals surface area (Å²) in [5.41, 5.74) is 1.39. The van der Waals surface area contributed by atoms with Crippen LogP contribution in [0, 0.1) is 15.5 Å². The Balaban J connectivity index is 1.96. The molecule has 0 N–H and O–H groups in total. The van der Waals surface area contributed by atoms with Gasteiger partial charge in [-0.05, 0) is 30.7 Å². The van der Waals surface area contributed by atoms with Crippen molar-refractivity contribution >= 4 is 17.3 Å². The summed E-state index contributed by atoms with van der Waals surface area (Å²) in [4.78, 5) is 24.5. The molecule has 1 aromatic carbocycles. The smallest absolute Gasteiger partial charge is 0.339 e. The van der Waals surface area contributed by atoms with E-state index in [1.165, 1.54) is 44.6 Å². The molecule has 2 aliphatic rings. The third kappa shape index (κ3) is 2.34. The fraction of sp³-hybridized carbons (Fsp3) is 0.533. The predicted molar refractivity (Wildman–Crippen MR) is 77.5 cm³/mol. The van der Waals surface area contributed by atoms with Gasteiger partial charge in [0, 0.05) is 25.2 Å². The van der Waals surface area contributed by atoms with E-state index in [4.69, 9.17) is 4.74 Å². The highest BCUT2D eigenvalue weighted by molar-refractivity contribution is 5.96. The maximum Gasteiger partial charge on any atom is 0.339 e. The van der Waals surface area contributed by atoms with E-state index in [0.717, 1.165) is 19.5 Å². The molecule has 1 aliphatic carbocycles. The van der Waals surface area contributed by atoms with E-state index < -0.39 is 10.9 Å². The van der Waals surface area contributed by atoms with Crippen molar-refractivity contribution in [3.8, 4) is 0 Å². The molecule has 0 aromatic heterocycles. The van der Waals surface area contributed by atoms with Gasteiger partial charge in [-0.1, -0.05) is 6.42 Å². The zero-order chi connectivity index (χ0) is 15.0. The van der Waals surface area contributed by atoms with Crippen molar-refractivity contribution in [3.63, 3.8) is 0 Å². The van der Waals surface area contributed by atoms with Crippen LogP contribution in [0.1, 0.15) is 36.0 Å². The molecule has 3 rings (SSSR count). The van der Waals surface area contributed by atoms with Crippen LogP contribution in [0.15, 0.2) is 18.2 Å². The number of esters is 1. The van der Waals surface area contributed by atoms with Gasteiger partial charge in [-0.15, -0.1) is 0 Å². The van der Waals surface area contributed by atoms with Crippen molar-refractivity contribution in [2.24, 2.45) is 5.41 Å². The maximum absolute atomic E-state index is 11.9. The minimum absolute atomic E-state index is 0.00668. The molecule has 1 heterocycles. The number of hydrogen-bond acceptors (Lipinski definition) is 5. The van der Waals surface area contributed by atoms with E-state index in [-0.39, 0.29) is 5.69 Å². The summed E-state index contributed by atoms with van der Waals surface area (Å²) >= 11 is 0. The number of methoxy groups -OCH3 is 1. The number of carbonyl (C=O) groups is 1. The first kappa shape index (κ1) is 13.9. The number of nitrogens with zero attached hydrogens (tertiary/aromatic N) is 2. The molecule has 1 saturated heterocycles. The van der Waals surface area contributed by atoms with Crippen LogP contribution in [-0.2, 0) is 4.74 Å². The molecule has 21 heavy (non-hydrogen) atoms. The van der Waals surface area contributed by atoms with Gasteiger partial charge in [0.15, 0.2) is 0 Å². The van der Waals surface area contributed by atoms with Crippen molar-refractivity contribution in [1.82, 2.24) is 0 Å². The molecule has 6 nitrogen and oxygen atoms in total. The summed E-state index contributed by atoms with van der Waals surface area (Å²) in [6, 6.07) is 4.33. The molecule has 0 radical (unpaired) electrons. The summed E-state index contributed by atoms with van der Waals surface area (Å²) < 4.78 is 4.79. The van der Waals surface area contributed by atoms with E-state index in [2.05, 4.69) is 4.90 Å². The number of carbonyl (C=O) groups excluding carboxylic acids is 1. The average molecular weight is 290 g/mol. The minimum Gasteiger partial charge on any atom is -0.465 e. The first-order chi connectivity index (χ1) is 10.0. The van der Waals surface area contributed by atoms with Crippen LogP contribution in [0.2, 0.25) is 0 Å². The van der Waals surface area contributed by atoms with Crippen molar-refractivity contribution in [1.29, 1.82) is 0 Å². The van der Waals surface area contributed by atoms with Gasteiger partial charge in [-0.25, -0.2) is 4.79 Å². The predicted octanol–water partition coefficient (Wildman–Crippen LogP) is 2.76. The van der Waals surface area contributed by atoms with Gasteiger partial charge >= 0.3 is 5.97 Å². The zero-order valence-electron chi connectivity index (χ0n) is 12.0. The van der Waals surface area contributed by atoms with Gasteiger partial charge in [-0.2, -0.15) is 0 Å². The molecule has 112 valence electrons. The number of nitro groups is 1. The van der Waals surface area contributed by atoms with Gasteiger partial charge in [0.05, 0.1) is 23.3 Å². The lowest BCUT2D eigenvalue weighted by atomic mass is 9.68. The molecule has 0 unspecified atom stereocenters. The molecule has 1 saturated carbocycles. The molecule has 2 fully saturated rings. The van der Waals surface area contributed by atoms with Gasteiger partial charge < -0.3 is 9.64 Å². The van der Waals surface area contributed by atoms with Gasteiger partial charge in [0.25, 0.3) is 5.69 Å². The second-order valence-corrected chi connectivity index (χ2v) is 5.98.